The zero-order valence-corrected chi connectivity index (χ0v) is 18.2. The number of rotatable bonds is 5. The Morgan fingerprint density at radius 1 is 1.13 bits per heavy atom. The second-order valence-electron chi connectivity index (χ2n) is 9.09. The van der Waals surface area contributed by atoms with Gasteiger partial charge in [-0.25, -0.2) is 9.97 Å². The number of aromatic nitrogens is 2. The molecule has 31 heavy (non-hydrogen) atoms. The highest BCUT2D eigenvalue weighted by Gasteiger charge is 2.37. The molecule has 7 nitrogen and oxygen atoms in total. The number of carbonyl (C=O) groups is 2. The fraction of sp³-hybridized carbons (Fsp3) is 0.500. The van der Waals surface area contributed by atoms with Crippen LogP contribution in [0.3, 0.4) is 0 Å². The third-order valence-corrected chi connectivity index (χ3v) is 6.98. The van der Waals surface area contributed by atoms with Gasteiger partial charge in [-0.2, -0.15) is 0 Å². The molecule has 2 aromatic rings. The molecule has 2 aliphatic rings. The van der Waals surface area contributed by atoms with Crippen LogP contribution in [0.5, 0.6) is 0 Å². The van der Waals surface area contributed by atoms with Gasteiger partial charge in [0.2, 0.25) is 11.9 Å². The summed E-state index contributed by atoms with van der Waals surface area (Å²) < 4.78 is 0. The summed E-state index contributed by atoms with van der Waals surface area (Å²) in [5.74, 6) is 0.687. The summed E-state index contributed by atoms with van der Waals surface area (Å²) in [6.45, 7) is 6.32. The first-order valence-electron chi connectivity index (χ1n) is 11.1. The topological polar surface area (TPSA) is 92.4 Å². The van der Waals surface area contributed by atoms with E-state index in [1.165, 1.54) is 0 Å². The van der Waals surface area contributed by atoms with Gasteiger partial charge in [0.15, 0.2) is 0 Å². The van der Waals surface area contributed by atoms with Crippen molar-refractivity contribution in [1.82, 2.24) is 19.8 Å². The van der Waals surface area contributed by atoms with Crippen LogP contribution >= 0.6 is 0 Å². The normalized spacial score (nSPS) is 19.8. The molecule has 4 rings (SSSR count). The molecule has 7 heteroatoms. The summed E-state index contributed by atoms with van der Waals surface area (Å²) >= 11 is 0. The molecule has 164 valence electrons. The Bertz CT molecular complexity index is 914. The molecule has 0 aliphatic carbocycles. The van der Waals surface area contributed by atoms with Gasteiger partial charge in [0.05, 0.1) is 0 Å². The van der Waals surface area contributed by atoms with E-state index in [0.717, 1.165) is 81.4 Å². The highest BCUT2D eigenvalue weighted by molar-refractivity contribution is 5.80. The molecule has 0 bridgehead atoms. The summed E-state index contributed by atoms with van der Waals surface area (Å²) in [6.07, 6.45) is 8.04. The molecule has 0 radical (unpaired) electrons. The quantitative estimate of drug-likeness (QED) is 0.746. The fourth-order valence-corrected chi connectivity index (χ4v) is 4.94. The Balaban J connectivity index is 1.29. The molecule has 0 spiro atoms. The number of amides is 1. The molecule has 0 saturated carbocycles. The monoisotopic (exact) mass is 421 g/mol. The maximum absolute atomic E-state index is 13.1. The van der Waals surface area contributed by atoms with Gasteiger partial charge in [-0.1, -0.05) is 31.2 Å². The van der Waals surface area contributed by atoms with Crippen molar-refractivity contribution in [2.24, 2.45) is 5.92 Å². The van der Waals surface area contributed by atoms with E-state index in [4.69, 9.17) is 5.73 Å². The molecule has 1 aromatic carbocycles. The van der Waals surface area contributed by atoms with Gasteiger partial charge >= 0.3 is 0 Å². The summed E-state index contributed by atoms with van der Waals surface area (Å²) in [5, 5.41) is 0. The number of aldehydes is 1. The second-order valence-corrected chi connectivity index (χ2v) is 9.09. The zero-order valence-electron chi connectivity index (χ0n) is 18.2. The maximum atomic E-state index is 13.1. The molecule has 2 saturated heterocycles. The Labute approximate surface area is 183 Å². The number of anilines is 1. The number of likely N-dealkylation sites (tertiary alicyclic amines) is 2. The Hall–Kier alpha value is -2.80. The van der Waals surface area contributed by atoms with E-state index < -0.39 is 0 Å². The van der Waals surface area contributed by atoms with Gasteiger partial charge < -0.3 is 10.6 Å². The standard InChI is InChI=1S/C24H31N5O2/c1-24(21-5-3-2-4-20(21)17-30)8-12-29(13-9-24)22(31)19-6-10-28(11-7-19)16-18-14-26-23(25)27-15-18/h2-5,14-15,17,19H,6-13,16H2,1H3,(H2,25,26,27). The fourth-order valence-electron chi connectivity index (χ4n) is 4.94. The Morgan fingerprint density at radius 2 is 1.77 bits per heavy atom. The van der Waals surface area contributed by atoms with Crippen LogP contribution in [0.2, 0.25) is 0 Å². The lowest BCUT2D eigenvalue weighted by Gasteiger charge is -2.42. The van der Waals surface area contributed by atoms with Gasteiger partial charge in [0.1, 0.15) is 6.29 Å². The number of hydrogen-bond acceptors (Lipinski definition) is 6. The highest BCUT2D eigenvalue weighted by Crippen LogP contribution is 2.37. The van der Waals surface area contributed by atoms with Crippen LogP contribution < -0.4 is 5.73 Å². The summed E-state index contributed by atoms with van der Waals surface area (Å²) in [5.41, 5.74) is 8.42. The van der Waals surface area contributed by atoms with Crippen LogP contribution in [0.25, 0.3) is 0 Å². The minimum Gasteiger partial charge on any atom is -0.368 e. The lowest BCUT2D eigenvalue weighted by Crippen LogP contribution is -2.48. The summed E-state index contributed by atoms with van der Waals surface area (Å²) in [6, 6.07) is 7.84. The first-order chi connectivity index (χ1) is 15.0. The molecule has 2 aliphatic heterocycles. The van der Waals surface area contributed by atoms with Crippen molar-refractivity contribution in [2.75, 3.05) is 31.9 Å². The number of benzene rings is 1. The number of hydrogen-bond donors (Lipinski definition) is 1. The Morgan fingerprint density at radius 3 is 2.42 bits per heavy atom. The van der Waals surface area contributed by atoms with Crippen molar-refractivity contribution in [1.29, 1.82) is 0 Å². The first-order valence-corrected chi connectivity index (χ1v) is 11.1. The van der Waals surface area contributed by atoms with Crippen LogP contribution in [0.15, 0.2) is 36.7 Å². The van der Waals surface area contributed by atoms with E-state index in [1.807, 2.05) is 23.1 Å². The third-order valence-electron chi connectivity index (χ3n) is 6.98. The maximum Gasteiger partial charge on any atom is 0.225 e. The molecule has 0 unspecified atom stereocenters. The lowest BCUT2D eigenvalue weighted by molar-refractivity contribution is -0.138. The van der Waals surface area contributed by atoms with Gasteiger partial charge in [-0.3, -0.25) is 14.5 Å². The van der Waals surface area contributed by atoms with Crippen molar-refractivity contribution in [2.45, 2.75) is 44.6 Å². The smallest absolute Gasteiger partial charge is 0.225 e. The lowest BCUT2D eigenvalue weighted by atomic mass is 9.72. The largest absolute Gasteiger partial charge is 0.368 e. The van der Waals surface area contributed by atoms with Crippen LogP contribution in [-0.4, -0.2) is 58.1 Å². The molecule has 1 amide bonds. The second kappa shape index (κ2) is 9.14. The minimum atomic E-state index is -0.0567. The van der Waals surface area contributed by atoms with Crippen molar-refractivity contribution < 1.29 is 9.59 Å². The summed E-state index contributed by atoms with van der Waals surface area (Å²) in [7, 11) is 0. The zero-order chi connectivity index (χ0) is 21.8. The summed E-state index contributed by atoms with van der Waals surface area (Å²) in [4.78, 5) is 37.1. The molecular weight excluding hydrogens is 390 g/mol. The number of nitrogens with zero attached hydrogens (tertiary/aromatic N) is 4. The van der Waals surface area contributed by atoms with Gasteiger partial charge in [-0.05, 0) is 49.8 Å². The van der Waals surface area contributed by atoms with Crippen LogP contribution in [-0.2, 0) is 16.8 Å². The third kappa shape index (κ3) is 4.77. The molecule has 2 N–H and O–H groups in total. The number of carbonyl (C=O) groups excluding carboxylic acids is 2. The van der Waals surface area contributed by atoms with Crippen LogP contribution in [0.1, 0.15) is 54.1 Å². The van der Waals surface area contributed by atoms with E-state index in [1.54, 1.807) is 12.4 Å². The van der Waals surface area contributed by atoms with Crippen molar-refractivity contribution in [3.8, 4) is 0 Å². The average Bonchev–Trinajstić information content (AvgIpc) is 2.81. The predicted molar refractivity (Wildman–Crippen MR) is 119 cm³/mol. The van der Waals surface area contributed by atoms with Gasteiger partial charge in [-0.15, -0.1) is 0 Å². The van der Waals surface area contributed by atoms with Crippen LogP contribution in [0, 0.1) is 5.92 Å². The first kappa shape index (κ1) is 21.4. The SMILES string of the molecule is CC1(c2ccccc2C=O)CCN(C(=O)C2CCN(Cc3cnc(N)nc3)CC2)CC1. The molecule has 2 fully saturated rings. The minimum absolute atomic E-state index is 0.0567. The number of piperidine rings is 2. The average molecular weight is 422 g/mol. The predicted octanol–water partition coefficient (Wildman–Crippen LogP) is 2.66. The molecule has 3 heterocycles. The van der Waals surface area contributed by atoms with Crippen molar-refractivity contribution in [3.63, 3.8) is 0 Å². The van der Waals surface area contributed by atoms with E-state index in [0.29, 0.717) is 11.9 Å². The van der Waals surface area contributed by atoms with Crippen molar-refractivity contribution >= 4 is 18.1 Å². The van der Waals surface area contributed by atoms with E-state index in [9.17, 15) is 9.59 Å². The van der Waals surface area contributed by atoms with E-state index in [2.05, 4.69) is 27.9 Å². The van der Waals surface area contributed by atoms with Crippen LogP contribution in [0.4, 0.5) is 5.95 Å². The van der Waals surface area contributed by atoms with Gasteiger partial charge in [0, 0.05) is 49.1 Å². The highest BCUT2D eigenvalue weighted by atomic mass is 16.2. The Kier molecular flexibility index (Phi) is 6.32. The van der Waals surface area contributed by atoms with E-state index >= 15 is 0 Å². The number of nitrogens with two attached hydrogens (primary N) is 1. The molecular formula is C24H31N5O2. The molecule has 1 aromatic heterocycles. The molecule has 0 atom stereocenters. The number of nitrogen functional groups attached to an aromatic ring is 1. The van der Waals surface area contributed by atoms with E-state index in [-0.39, 0.29) is 11.3 Å². The van der Waals surface area contributed by atoms with Crippen molar-refractivity contribution in [3.05, 3.63) is 53.3 Å². The van der Waals surface area contributed by atoms with Gasteiger partial charge in [0.25, 0.3) is 0 Å².